The molecule has 0 saturated carbocycles. The van der Waals surface area contributed by atoms with E-state index in [1.807, 2.05) is 24.3 Å². The zero-order chi connectivity index (χ0) is 21.3. The molecule has 4 rings (SSSR count). The highest BCUT2D eigenvalue weighted by Gasteiger charge is 2.42. The maximum atomic E-state index is 12.6. The number of aliphatic imine (C=N–C) groups is 1. The van der Waals surface area contributed by atoms with E-state index >= 15 is 0 Å². The highest BCUT2D eigenvalue weighted by molar-refractivity contribution is 8.15. The number of hydrogen-bond donors (Lipinski definition) is 2. The van der Waals surface area contributed by atoms with Gasteiger partial charge in [0.25, 0.3) is 5.91 Å². The minimum absolute atomic E-state index is 0.0661. The van der Waals surface area contributed by atoms with E-state index in [1.54, 1.807) is 25.3 Å². The van der Waals surface area contributed by atoms with E-state index < -0.39 is 9.84 Å². The van der Waals surface area contributed by atoms with E-state index in [4.69, 9.17) is 16.3 Å². The maximum Gasteiger partial charge on any atom is 0.251 e. The van der Waals surface area contributed by atoms with Crippen LogP contribution in [0.5, 0.6) is 5.75 Å². The Hall–Kier alpha value is -2.23. The van der Waals surface area contributed by atoms with Gasteiger partial charge in [-0.05, 0) is 24.3 Å². The molecule has 158 valence electrons. The van der Waals surface area contributed by atoms with Crippen LogP contribution in [-0.4, -0.2) is 49.4 Å². The normalized spacial score (nSPS) is 21.6. The second kappa shape index (κ2) is 8.49. The van der Waals surface area contributed by atoms with Crippen molar-refractivity contribution in [2.24, 2.45) is 4.99 Å². The molecule has 2 heterocycles. The van der Waals surface area contributed by atoms with E-state index in [0.717, 1.165) is 5.56 Å². The van der Waals surface area contributed by atoms with Gasteiger partial charge < -0.3 is 15.4 Å². The Balaban J connectivity index is 1.44. The fourth-order valence-corrected chi connectivity index (χ4v) is 7.25. The minimum Gasteiger partial charge on any atom is -0.496 e. The lowest BCUT2D eigenvalue weighted by atomic mass is 10.1. The molecular formula is C20H20ClN3O4S2. The number of benzene rings is 2. The van der Waals surface area contributed by atoms with Gasteiger partial charge in [-0.3, -0.25) is 9.79 Å². The standard InChI is InChI=1S/C20H20ClN3O4S2/c1-28-17-5-3-2-4-13(17)9-22-19(25)12-6-7-14(21)15(8-12)23-20-24-16-10-30(26,27)11-18(16)29-20/h2-8,16,18H,9-11H2,1H3,(H,22,25)(H,23,24)/t16-,18+/m1/s1. The number of rotatable bonds is 5. The molecule has 2 atom stereocenters. The second-order valence-corrected chi connectivity index (χ2v) is 10.8. The van der Waals surface area contributed by atoms with Gasteiger partial charge in [-0.25, -0.2) is 8.42 Å². The molecule has 0 unspecified atom stereocenters. The molecule has 2 aliphatic heterocycles. The van der Waals surface area contributed by atoms with Crippen LogP contribution in [-0.2, 0) is 16.4 Å². The third kappa shape index (κ3) is 4.58. The fraction of sp³-hybridized carbons (Fsp3) is 0.300. The number of amides is 1. The molecule has 2 aromatic carbocycles. The predicted molar refractivity (Wildman–Crippen MR) is 120 cm³/mol. The number of nitrogens with one attached hydrogen (secondary N) is 2. The van der Waals surface area contributed by atoms with Gasteiger partial charge in [0.2, 0.25) is 0 Å². The zero-order valence-electron chi connectivity index (χ0n) is 16.1. The number of carbonyl (C=O) groups excluding carboxylic acids is 1. The maximum absolute atomic E-state index is 12.6. The quantitative estimate of drug-likeness (QED) is 0.704. The average Bonchev–Trinajstić information content (AvgIpc) is 3.20. The van der Waals surface area contributed by atoms with E-state index in [0.29, 0.717) is 33.7 Å². The van der Waals surface area contributed by atoms with Crippen LogP contribution < -0.4 is 15.4 Å². The van der Waals surface area contributed by atoms with Gasteiger partial charge in [-0.15, -0.1) is 0 Å². The van der Waals surface area contributed by atoms with Crippen LogP contribution in [0.1, 0.15) is 15.9 Å². The Morgan fingerprint density at radius 1 is 1.27 bits per heavy atom. The van der Waals surface area contributed by atoms with Crippen molar-refractivity contribution in [2.75, 3.05) is 23.9 Å². The summed E-state index contributed by atoms with van der Waals surface area (Å²) in [5.74, 6) is 0.676. The van der Waals surface area contributed by atoms with Crippen LogP contribution in [0.3, 0.4) is 0 Å². The molecule has 7 nitrogen and oxygen atoms in total. The number of fused-ring (bicyclic) bond motifs is 1. The summed E-state index contributed by atoms with van der Waals surface area (Å²) in [5.41, 5.74) is 1.87. The van der Waals surface area contributed by atoms with Crippen molar-refractivity contribution in [1.29, 1.82) is 0 Å². The van der Waals surface area contributed by atoms with Crippen LogP contribution >= 0.6 is 23.4 Å². The third-order valence-corrected chi connectivity index (χ3v) is 8.39. The molecule has 1 amide bonds. The average molecular weight is 466 g/mol. The summed E-state index contributed by atoms with van der Waals surface area (Å²) in [7, 11) is -1.42. The van der Waals surface area contributed by atoms with Gasteiger partial charge in [0.1, 0.15) is 5.75 Å². The van der Waals surface area contributed by atoms with Crippen LogP contribution in [0.4, 0.5) is 5.69 Å². The van der Waals surface area contributed by atoms with Crippen LogP contribution in [0.15, 0.2) is 47.5 Å². The van der Waals surface area contributed by atoms with Gasteiger partial charge in [0.05, 0.1) is 35.4 Å². The number of ether oxygens (including phenoxy) is 1. The van der Waals surface area contributed by atoms with Crippen LogP contribution in [0.2, 0.25) is 5.02 Å². The molecule has 10 heteroatoms. The van der Waals surface area contributed by atoms with E-state index in [9.17, 15) is 13.2 Å². The number of methoxy groups -OCH3 is 1. The molecule has 0 radical (unpaired) electrons. The summed E-state index contributed by atoms with van der Waals surface area (Å²) < 4.78 is 28.7. The fourth-order valence-electron chi connectivity index (χ4n) is 3.42. The van der Waals surface area contributed by atoms with Crippen molar-refractivity contribution in [3.8, 4) is 5.75 Å². The predicted octanol–water partition coefficient (Wildman–Crippen LogP) is 2.96. The third-order valence-electron chi connectivity index (χ3n) is 4.92. The number of hydrogen-bond acceptors (Lipinski definition) is 7. The summed E-state index contributed by atoms with van der Waals surface area (Å²) in [6.45, 7) is 0.328. The molecule has 2 aliphatic rings. The van der Waals surface area contributed by atoms with Crippen molar-refractivity contribution in [3.05, 3.63) is 58.6 Å². The number of sulfone groups is 1. The summed E-state index contributed by atoms with van der Waals surface area (Å²) in [4.78, 5) is 17.1. The highest BCUT2D eigenvalue weighted by Crippen LogP contribution is 2.35. The molecule has 0 spiro atoms. The molecule has 30 heavy (non-hydrogen) atoms. The Morgan fingerprint density at radius 3 is 2.83 bits per heavy atom. The lowest BCUT2D eigenvalue weighted by Gasteiger charge is -2.12. The Morgan fingerprint density at radius 2 is 2.07 bits per heavy atom. The first-order valence-electron chi connectivity index (χ1n) is 9.26. The first-order valence-corrected chi connectivity index (χ1v) is 12.3. The first kappa shape index (κ1) is 21.0. The monoisotopic (exact) mass is 465 g/mol. The minimum atomic E-state index is -3.01. The molecular weight excluding hydrogens is 446 g/mol. The number of carbonyl (C=O) groups is 1. The van der Waals surface area contributed by atoms with E-state index in [-0.39, 0.29) is 28.7 Å². The highest BCUT2D eigenvalue weighted by atomic mass is 35.5. The molecule has 2 N–H and O–H groups in total. The van der Waals surface area contributed by atoms with Crippen LogP contribution in [0.25, 0.3) is 0 Å². The molecule has 0 aliphatic carbocycles. The van der Waals surface area contributed by atoms with E-state index in [1.165, 1.54) is 11.8 Å². The van der Waals surface area contributed by atoms with Gasteiger partial charge in [-0.2, -0.15) is 0 Å². The van der Waals surface area contributed by atoms with Crippen molar-refractivity contribution in [2.45, 2.75) is 17.8 Å². The first-order chi connectivity index (χ1) is 14.3. The lowest BCUT2D eigenvalue weighted by molar-refractivity contribution is 0.0950. The Bertz CT molecular complexity index is 1120. The number of nitrogens with zero attached hydrogens (tertiary/aromatic N) is 1. The number of anilines is 1. The van der Waals surface area contributed by atoms with Gasteiger partial charge in [0, 0.05) is 22.9 Å². The van der Waals surface area contributed by atoms with Crippen molar-refractivity contribution in [1.82, 2.24) is 5.32 Å². The van der Waals surface area contributed by atoms with E-state index in [2.05, 4.69) is 15.6 Å². The largest absolute Gasteiger partial charge is 0.496 e. The van der Waals surface area contributed by atoms with Crippen molar-refractivity contribution in [3.63, 3.8) is 0 Å². The summed E-state index contributed by atoms with van der Waals surface area (Å²) in [5, 5.41) is 7.02. The number of para-hydroxylation sites is 1. The second-order valence-electron chi connectivity index (χ2n) is 7.05. The number of amidine groups is 1. The Labute approximate surface area is 184 Å². The number of thioether (sulfide) groups is 1. The molecule has 0 bridgehead atoms. The summed E-state index contributed by atoms with van der Waals surface area (Å²) in [6.07, 6.45) is 0. The molecule has 0 aromatic heterocycles. The SMILES string of the molecule is COc1ccccc1CNC(=O)c1ccc(Cl)c(NC2=N[C@@H]3CS(=O)(=O)C[C@@H]3S2)c1. The smallest absolute Gasteiger partial charge is 0.251 e. The molecule has 2 aromatic rings. The summed E-state index contributed by atoms with van der Waals surface area (Å²) in [6, 6.07) is 12.2. The van der Waals surface area contributed by atoms with Crippen LogP contribution in [0, 0.1) is 0 Å². The Kier molecular flexibility index (Phi) is 5.95. The van der Waals surface area contributed by atoms with Gasteiger partial charge in [0.15, 0.2) is 15.0 Å². The summed E-state index contributed by atoms with van der Waals surface area (Å²) >= 11 is 7.69. The zero-order valence-corrected chi connectivity index (χ0v) is 18.5. The molecule has 1 fully saturated rings. The number of halogens is 1. The van der Waals surface area contributed by atoms with Crippen molar-refractivity contribution >= 4 is 50.0 Å². The van der Waals surface area contributed by atoms with Crippen molar-refractivity contribution < 1.29 is 17.9 Å². The van der Waals surface area contributed by atoms with Gasteiger partial charge >= 0.3 is 0 Å². The van der Waals surface area contributed by atoms with Gasteiger partial charge in [-0.1, -0.05) is 41.6 Å². The lowest BCUT2D eigenvalue weighted by Crippen LogP contribution is -2.23. The molecule has 1 saturated heterocycles. The topological polar surface area (TPSA) is 96.9 Å².